The molecular weight excluding hydrogens is 376 g/mol. The molecule has 0 saturated carbocycles. The SMILES string of the molecule is COc1ccc(-c2nnc(S[C@@H](C)c3nnc(-c4ccccc4)o3)n2N)cc1. The molecule has 8 nitrogen and oxygen atoms in total. The molecule has 2 heterocycles. The van der Waals surface area contributed by atoms with Crippen LogP contribution in [0.1, 0.15) is 18.1 Å². The van der Waals surface area contributed by atoms with Crippen molar-refractivity contribution in [3.05, 3.63) is 60.5 Å². The Morgan fingerprint density at radius 1 is 0.964 bits per heavy atom. The quantitative estimate of drug-likeness (QED) is 0.391. The van der Waals surface area contributed by atoms with Crippen molar-refractivity contribution in [2.24, 2.45) is 0 Å². The van der Waals surface area contributed by atoms with E-state index in [9.17, 15) is 0 Å². The van der Waals surface area contributed by atoms with Gasteiger partial charge in [0.15, 0.2) is 5.82 Å². The maximum atomic E-state index is 6.20. The Morgan fingerprint density at radius 2 is 1.71 bits per heavy atom. The van der Waals surface area contributed by atoms with Crippen molar-refractivity contribution in [3.8, 4) is 28.6 Å². The molecule has 0 saturated heterocycles. The van der Waals surface area contributed by atoms with Gasteiger partial charge in [0.25, 0.3) is 0 Å². The predicted molar refractivity (Wildman–Crippen MR) is 106 cm³/mol. The molecule has 0 fully saturated rings. The fraction of sp³-hybridized carbons (Fsp3) is 0.158. The van der Waals surface area contributed by atoms with Gasteiger partial charge in [0.05, 0.1) is 12.4 Å². The highest BCUT2D eigenvalue weighted by atomic mass is 32.2. The molecule has 0 aliphatic heterocycles. The fourth-order valence-electron chi connectivity index (χ4n) is 2.60. The molecule has 9 heteroatoms. The highest BCUT2D eigenvalue weighted by Crippen LogP contribution is 2.35. The average molecular weight is 394 g/mol. The zero-order valence-electron chi connectivity index (χ0n) is 15.3. The molecule has 0 spiro atoms. The molecule has 0 amide bonds. The van der Waals surface area contributed by atoms with E-state index in [4.69, 9.17) is 15.0 Å². The summed E-state index contributed by atoms with van der Waals surface area (Å²) >= 11 is 1.40. The standard InChI is InChI=1S/C19H18N6O2S/c1-12(17-22-23-18(27-17)14-6-4-3-5-7-14)28-19-24-21-16(25(19)20)13-8-10-15(26-2)11-9-13/h3-12H,20H2,1-2H3/t12-/m0/s1. The molecule has 28 heavy (non-hydrogen) atoms. The fourth-order valence-corrected chi connectivity index (χ4v) is 3.40. The third kappa shape index (κ3) is 3.56. The number of nitrogen functional groups attached to an aromatic ring is 1. The molecule has 2 aromatic heterocycles. The van der Waals surface area contributed by atoms with Gasteiger partial charge < -0.3 is 15.0 Å². The summed E-state index contributed by atoms with van der Waals surface area (Å²) in [5.74, 6) is 8.51. The Hall–Kier alpha value is -3.33. The first kappa shape index (κ1) is 18.1. The molecule has 2 aromatic carbocycles. The first-order chi connectivity index (χ1) is 13.7. The first-order valence-electron chi connectivity index (χ1n) is 8.56. The number of methoxy groups -OCH3 is 1. The number of thioether (sulfide) groups is 1. The molecule has 0 aliphatic rings. The lowest BCUT2D eigenvalue weighted by molar-refractivity contribution is 0.415. The molecule has 4 rings (SSSR count). The Labute approximate surface area is 165 Å². The van der Waals surface area contributed by atoms with Crippen LogP contribution < -0.4 is 10.6 Å². The van der Waals surface area contributed by atoms with Gasteiger partial charge in [-0.05, 0) is 43.3 Å². The van der Waals surface area contributed by atoms with E-state index in [1.54, 1.807) is 7.11 Å². The summed E-state index contributed by atoms with van der Waals surface area (Å²) in [6, 6.07) is 17.1. The van der Waals surface area contributed by atoms with E-state index >= 15 is 0 Å². The summed E-state index contributed by atoms with van der Waals surface area (Å²) in [5.41, 5.74) is 1.72. The van der Waals surface area contributed by atoms with Crippen LogP contribution in [0.5, 0.6) is 5.75 Å². The molecule has 1 atom stereocenters. The summed E-state index contributed by atoms with van der Waals surface area (Å²) in [6.07, 6.45) is 0. The Kier molecular flexibility index (Phi) is 4.98. The monoisotopic (exact) mass is 394 g/mol. The van der Waals surface area contributed by atoms with Crippen LogP contribution >= 0.6 is 11.8 Å². The minimum Gasteiger partial charge on any atom is -0.497 e. The normalized spacial score (nSPS) is 12.1. The Morgan fingerprint density at radius 3 is 2.43 bits per heavy atom. The van der Waals surface area contributed by atoms with Crippen LogP contribution in [0.2, 0.25) is 0 Å². The minimum atomic E-state index is -0.139. The highest BCUT2D eigenvalue weighted by molar-refractivity contribution is 7.99. The molecule has 4 aromatic rings. The predicted octanol–water partition coefficient (Wildman–Crippen LogP) is 3.57. The second-order valence-electron chi connectivity index (χ2n) is 5.98. The van der Waals surface area contributed by atoms with Crippen LogP contribution in [-0.4, -0.2) is 32.2 Å². The molecule has 0 aliphatic carbocycles. The van der Waals surface area contributed by atoms with E-state index in [1.165, 1.54) is 16.4 Å². The van der Waals surface area contributed by atoms with Gasteiger partial charge >= 0.3 is 0 Å². The smallest absolute Gasteiger partial charge is 0.247 e. The number of nitrogens with zero attached hydrogens (tertiary/aromatic N) is 5. The number of nitrogens with two attached hydrogens (primary N) is 1. The molecule has 0 radical (unpaired) electrons. The number of hydrogen-bond donors (Lipinski definition) is 1. The third-order valence-corrected chi connectivity index (χ3v) is 5.15. The van der Waals surface area contributed by atoms with Crippen LogP contribution in [0.15, 0.2) is 64.2 Å². The lowest BCUT2D eigenvalue weighted by Gasteiger charge is -2.07. The van der Waals surface area contributed by atoms with Crippen LogP contribution in [-0.2, 0) is 0 Å². The van der Waals surface area contributed by atoms with E-state index < -0.39 is 0 Å². The lowest BCUT2D eigenvalue weighted by Crippen LogP contribution is -2.12. The summed E-state index contributed by atoms with van der Waals surface area (Å²) in [5, 5.41) is 17.1. The van der Waals surface area contributed by atoms with Crippen LogP contribution in [0.4, 0.5) is 0 Å². The van der Waals surface area contributed by atoms with Crippen molar-refractivity contribution < 1.29 is 9.15 Å². The number of benzene rings is 2. The van der Waals surface area contributed by atoms with Crippen molar-refractivity contribution >= 4 is 11.8 Å². The van der Waals surface area contributed by atoms with Crippen molar-refractivity contribution in [2.75, 3.05) is 13.0 Å². The summed E-state index contributed by atoms with van der Waals surface area (Å²) in [6.45, 7) is 1.95. The number of rotatable bonds is 6. The maximum absolute atomic E-state index is 6.20. The van der Waals surface area contributed by atoms with Gasteiger partial charge in [-0.15, -0.1) is 20.4 Å². The zero-order chi connectivity index (χ0) is 19.5. The van der Waals surface area contributed by atoms with Gasteiger partial charge in [-0.2, -0.15) is 0 Å². The molecule has 2 N–H and O–H groups in total. The van der Waals surface area contributed by atoms with Crippen LogP contribution in [0, 0.1) is 0 Å². The number of ether oxygens (including phenoxy) is 1. The average Bonchev–Trinajstić information content (AvgIpc) is 3.37. The van der Waals surface area contributed by atoms with Crippen molar-refractivity contribution in [2.45, 2.75) is 17.3 Å². The molecule has 142 valence electrons. The number of hydrogen-bond acceptors (Lipinski definition) is 8. The second kappa shape index (κ2) is 7.73. The Bertz CT molecular complexity index is 1060. The second-order valence-corrected chi connectivity index (χ2v) is 7.28. The van der Waals surface area contributed by atoms with Gasteiger partial charge in [-0.25, -0.2) is 4.68 Å². The van der Waals surface area contributed by atoms with Gasteiger partial charge in [0.1, 0.15) is 5.75 Å². The summed E-state index contributed by atoms with van der Waals surface area (Å²) < 4.78 is 12.4. The van der Waals surface area contributed by atoms with Gasteiger partial charge in [-0.1, -0.05) is 30.0 Å². The first-order valence-corrected chi connectivity index (χ1v) is 9.44. The van der Waals surface area contributed by atoms with Crippen LogP contribution in [0.3, 0.4) is 0 Å². The molecule has 0 unspecified atom stereocenters. The Balaban J connectivity index is 1.51. The molecular formula is C19H18N6O2S. The van der Waals surface area contributed by atoms with E-state index in [0.717, 1.165) is 16.9 Å². The minimum absolute atomic E-state index is 0.139. The van der Waals surface area contributed by atoms with E-state index in [1.807, 2.05) is 61.5 Å². The van der Waals surface area contributed by atoms with Crippen molar-refractivity contribution in [3.63, 3.8) is 0 Å². The molecule has 0 bridgehead atoms. The summed E-state index contributed by atoms with van der Waals surface area (Å²) in [7, 11) is 1.62. The van der Waals surface area contributed by atoms with Crippen LogP contribution in [0.25, 0.3) is 22.8 Å². The van der Waals surface area contributed by atoms with Gasteiger partial charge in [0, 0.05) is 11.1 Å². The van der Waals surface area contributed by atoms with Crippen molar-refractivity contribution in [1.29, 1.82) is 0 Å². The van der Waals surface area contributed by atoms with Crippen molar-refractivity contribution in [1.82, 2.24) is 25.1 Å². The van der Waals surface area contributed by atoms with E-state index in [0.29, 0.717) is 22.8 Å². The lowest BCUT2D eigenvalue weighted by atomic mass is 10.2. The zero-order valence-corrected chi connectivity index (χ0v) is 16.1. The maximum Gasteiger partial charge on any atom is 0.247 e. The topological polar surface area (TPSA) is 105 Å². The van der Waals surface area contributed by atoms with E-state index in [-0.39, 0.29) is 5.25 Å². The van der Waals surface area contributed by atoms with Gasteiger partial charge in [-0.3, -0.25) is 0 Å². The number of aromatic nitrogens is 5. The summed E-state index contributed by atoms with van der Waals surface area (Å²) in [4.78, 5) is 0. The van der Waals surface area contributed by atoms with Gasteiger partial charge in [0.2, 0.25) is 16.9 Å². The van der Waals surface area contributed by atoms with E-state index in [2.05, 4.69) is 20.4 Å². The largest absolute Gasteiger partial charge is 0.497 e. The third-order valence-electron chi connectivity index (χ3n) is 4.10. The highest BCUT2D eigenvalue weighted by Gasteiger charge is 2.20.